The molecule has 2 aliphatic heterocycles. The minimum atomic E-state index is -0.451. The summed E-state index contributed by atoms with van der Waals surface area (Å²) in [5.74, 6) is 0. The molecule has 0 saturated heterocycles. The molecule has 10 aromatic rings. The van der Waals surface area contributed by atoms with Gasteiger partial charge in [-0.1, -0.05) is 184 Å². The van der Waals surface area contributed by atoms with E-state index in [0.29, 0.717) is 0 Å². The van der Waals surface area contributed by atoms with E-state index in [9.17, 15) is 0 Å². The van der Waals surface area contributed by atoms with Crippen LogP contribution in [-0.4, -0.2) is 7.28 Å². The fourth-order valence-electron chi connectivity index (χ4n) is 11.2. The van der Waals surface area contributed by atoms with Crippen molar-refractivity contribution in [2.24, 2.45) is 0 Å². The summed E-state index contributed by atoms with van der Waals surface area (Å²) in [5, 5.41) is 6.15. The molecule has 13 rings (SSSR count). The van der Waals surface area contributed by atoms with E-state index in [4.69, 9.17) is 4.42 Å². The van der Waals surface area contributed by atoms with Crippen LogP contribution in [0.5, 0.6) is 0 Å². The molecule has 3 heterocycles. The predicted octanol–water partition coefficient (Wildman–Crippen LogP) is 13.8. The third-order valence-corrected chi connectivity index (χ3v) is 14.0. The molecule has 0 bridgehead atoms. The number of fused-ring (bicyclic) bond motifs is 14. The molecule has 0 fully saturated rings. The lowest BCUT2D eigenvalue weighted by atomic mass is 9.54. The summed E-state index contributed by atoms with van der Waals surface area (Å²) in [6.45, 7) is 7.01. The van der Waals surface area contributed by atoms with Crippen LogP contribution in [0.15, 0.2) is 199 Å². The fourth-order valence-corrected chi connectivity index (χ4v) is 11.2. The first-order chi connectivity index (χ1) is 30.9. The average Bonchev–Trinajstić information content (AvgIpc) is 3.85. The number of hydrogen-bond donors (Lipinski definition) is 1. The number of benzene rings is 9. The van der Waals surface area contributed by atoms with Gasteiger partial charge in [0, 0.05) is 33.4 Å². The van der Waals surface area contributed by atoms with Gasteiger partial charge in [-0.2, -0.15) is 0 Å². The molecule has 0 unspecified atom stereocenters. The summed E-state index contributed by atoms with van der Waals surface area (Å²) < 4.78 is 6.86. The number of hydrogen-bond acceptors (Lipinski definition) is 3. The molecule has 63 heavy (non-hydrogen) atoms. The lowest BCUT2D eigenvalue weighted by Gasteiger charge is -2.48. The lowest BCUT2D eigenvalue weighted by molar-refractivity contribution is 0.590. The van der Waals surface area contributed by atoms with Crippen molar-refractivity contribution in [1.29, 1.82) is 0 Å². The topological polar surface area (TPSA) is 28.4 Å². The summed E-state index contributed by atoms with van der Waals surface area (Å²) in [5.41, 5.74) is 23.6. The van der Waals surface area contributed by atoms with E-state index in [1.807, 2.05) is 0 Å². The Labute approximate surface area is 368 Å². The van der Waals surface area contributed by atoms with Gasteiger partial charge in [-0.25, -0.2) is 0 Å². The van der Waals surface area contributed by atoms with Gasteiger partial charge in [-0.15, -0.1) is 0 Å². The van der Waals surface area contributed by atoms with Crippen molar-refractivity contribution < 1.29 is 4.42 Å². The second-order valence-corrected chi connectivity index (χ2v) is 18.5. The summed E-state index contributed by atoms with van der Waals surface area (Å²) >= 11 is 0. The molecule has 4 heteroatoms. The molecule has 298 valence electrons. The van der Waals surface area contributed by atoms with Crippen molar-refractivity contribution in [2.45, 2.75) is 31.6 Å². The number of nitrogens with zero attached hydrogens (tertiary/aromatic N) is 1. The standard InChI is InChI=1S/C59H43BN2O/c1-58(2,3)38-34-45(43-32-33-44-42-20-9-14-27-53(42)63-57(44)55(43)61-39-30-28-37(29-31-39)36-16-5-4-6-17-36)54-52(35-38)62-51-26-13-12-23-48(51)59(49-24-15-25-50(60-54)56(49)62)46-21-10-7-18-40(46)41-19-8-11-22-47(41)59/h4-35,60-61H,1-3H3. The normalized spacial score (nSPS) is 13.9. The maximum atomic E-state index is 6.86. The van der Waals surface area contributed by atoms with Crippen molar-refractivity contribution in [1.82, 2.24) is 0 Å². The zero-order valence-corrected chi connectivity index (χ0v) is 35.5. The van der Waals surface area contributed by atoms with Crippen LogP contribution in [0.25, 0.3) is 55.3 Å². The Morgan fingerprint density at radius 3 is 1.92 bits per heavy atom. The van der Waals surface area contributed by atoms with Crippen molar-refractivity contribution in [2.75, 3.05) is 10.2 Å². The largest absolute Gasteiger partial charge is 0.454 e. The average molecular weight is 807 g/mol. The third-order valence-electron chi connectivity index (χ3n) is 14.0. The zero-order chi connectivity index (χ0) is 42.0. The molecule has 3 nitrogen and oxygen atoms in total. The van der Waals surface area contributed by atoms with Crippen LogP contribution in [0.2, 0.25) is 0 Å². The van der Waals surface area contributed by atoms with E-state index >= 15 is 0 Å². The smallest absolute Gasteiger partial charge is 0.198 e. The molecular formula is C59H43BN2O. The first-order valence-electron chi connectivity index (χ1n) is 22.1. The van der Waals surface area contributed by atoms with Gasteiger partial charge in [0.2, 0.25) is 0 Å². The van der Waals surface area contributed by atoms with Gasteiger partial charge >= 0.3 is 0 Å². The van der Waals surface area contributed by atoms with Crippen molar-refractivity contribution >= 4 is 68.6 Å². The molecule has 3 aliphatic rings. The van der Waals surface area contributed by atoms with E-state index < -0.39 is 5.41 Å². The maximum absolute atomic E-state index is 6.86. The lowest BCUT2D eigenvalue weighted by Crippen LogP contribution is -2.47. The van der Waals surface area contributed by atoms with Crippen LogP contribution in [0.3, 0.4) is 0 Å². The minimum absolute atomic E-state index is 0.131. The summed E-state index contributed by atoms with van der Waals surface area (Å²) in [4.78, 5) is 2.61. The second kappa shape index (κ2) is 13.2. The van der Waals surface area contributed by atoms with Crippen LogP contribution in [0.4, 0.5) is 28.4 Å². The molecule has 9 aromatic carbocycles. The van der Waals surface area contributed by atoms with Crippen LogP contribution in [0, 0.1) is 0 Å². The van der Waals surface area contributed by atoms with Gasteiger partial charge in [0.15, 0.2) is 12.9 Å². The summed E-state index contributed by atoms with van der Waals surface area (Å²) in [6, 6.07) is 71.7. The number of para-hydroxylation sites is 3. The molecule has 1 spiro atoms. The fraction of sp³-hybridized carbons (Fsp3) is 0.0847. The van der Waals surface area contributed by atoms with Crippen molar-refractivity contribution in [3.8, 4) is 33.4 Å². The number of nitrogens with one attached hydrogen (secondary N) is 1. The highest BCUT2D eigenvalue weighted by molar-refractivity contribution is 6.73. The SMILES string of the molecule is CC(C)(C)c1cc(-c2ccc3c(oc4ccccc43)c2Nc2ccc(-c3ccccc3)cc2)c2c(c1)N1c3ccccc3C3(c4ccccc4-c4ccccc43)c3cccc(c31)B2. The summed E-state index contributed by atoms with van der Waals surface area (Å²) in [7, 11) is 0.791. The van der Waals surface area contributed by atoms with Crippen LogP contribution in [0.1, 0.15) is 48.6 Å². The molecule has 0 atom stereocenters. The summed E-state index contributed by atoms with van der Waals surface area (Å²) in [6.07, 6.45) is 0. The Kier molecular flexibility index (Phi) is 7.58. The van der Waals surface area contributed by atoms with E-state index in [1.165, 1.54) is 83.6 Å². The zero-order valence-electron chi connectivity index (χ0n) is 35.5. The van der Waals surface area contributed by atoms with E-state index in [0.717, 1.165) is 46.2 Å². The van der Waals surface area contributed by atoms with Gasteiger partial charge in [-0.3, -0.25) is 0 Å². The van der Waals surface area contributed by atoms with Gasteiger partial charge in [0.1, 0.15) is 5.58 Å². The van der Waals surface area contributed by atoms with E-state index in [1.54, 1.807) is 0 Å². The predicted molar refractivity (Wildman–Crippen MR) is 265 cm³/mol. The highest BCUT2D eigenvalue weighted by Gasteiger charge is 2.53. The number of rotatable bonds is 4. The molecule has 1 aliphatic carbocycles. The first kappa shape index (κ1) is 36.1. The van der Waals surface area contributed by atoms with Crippen molar-refractivity contribution in [3.63, 3.8) is 0 Å². The Hall–Kier alpha value is -7.56. The number of furan rings is 1. The second-order valence-electron chi connectivity index (χ2n) is 18.5. The third kappa shape index (κ3) is 5.09. The van der Waals surface area contributed by atoms with Gasteiger partial charge in [-0.05, 0) is 103 Å². The van der Waals surface area contributed by atoms with Crippen LogP contribution < -0.4 is 21.1 Å². The monoisotopic (exact) mass is 806 g/mol. The Balaban J connectivity index is 1.06. The highest BCUT2D eigenvalue weighted by atomic mass is 16.3. The molecule has 1 aromatic heterocycles. The first-order valence-corrected chi connectivity index (χ1v) is 22.1. The van der Waals surface area contributed by atoms with E-state index in [-0.39, 0.29) is 5.41 Å². The van der Waals surface area contributed by atoms with Crippen molar-refractivity contribution in [3.05, 3.63) is 222 Å². The molecule has 1 N–H and O–H groups in total. The molecular weight excluding hydrogens is 763 g/mol. The van der Waals surface area contributed by atoms with Gasteiger partial charge in [0.05, 0.1) is 16.8 Å². The highest BCUT2D eigenvalue weighted by Crippen LogP contribution is 2.63. The maximum Gasteiger partial charge on any atom is 0.198 e. The Bertz CT molecular complexity index is 3460. The molecule has 0 amide bonds. The van der Waals surface area contributed by atoms with E-state index in [2.05, 4.69) is 225 Å². The van der Waals surface area contributed by atoms with Gasteiger partial charge < -0.3 is 14.6 Å². The van der Waals surface area contributed by atoms with Crippen LogP contribution >= 0.6 is 0 Å². The Morgan fingerprint density at radius 2 is 1.16 bits per heavy atom. The minimum Gasteiger partial charge on any atom is -0.454 e. The molecule has 0 radical (unpaired) electrons. The van der Waals surface area contributed by atoms with Gasteiger partial charge in [0.25, 0.3) is 0 Å². The molecule has 0 saturated carbocycles. The quantitative estimate of drug-likeness (QED) is 0.180. The Morgan fingerprint density at radius 1 is 0.508 bits per heavy atom. The number of anilines is 5. The van der Waals surface area contributed by atoms with Crippen LogP contribution in [-0.2, 0) is 10.8 Å².